The van der Waals surface area contributed by atoms with Gasteiger partial charge < -0.3 is 5.11 Å². The number of nitro benzene ring substituents is 1. The van der Waals surface area contributed by atoms with Crippen molar-refractivity contribution >= 4 is 25.4 Å². The van der Waals surface area contributed by atoms with Gasteiger partial charge in [0, 0.05) is 16.7 Å². The highest BCUT2D eigenvalue weighted by Crippen LogP contribution is 2.31. The first kappa shape index (κ1) is 12.2. The molecule has 0 spiro atoms. The SMILES string of the molecule is N#Cc1c(O)cc([N+](=O)[O-])cc1S(=O)(=O)Cl. The molecule has 16 heavy (non-hydrogen) atoms. The Hall–Kier alpha value is -1.85. The molecule has 0 saturated carbocycles. The standard InChI is InChI=1S/C7H3ClN2O5S/c8-16(14,15)7-2-4(10(12)13)1-6(11)5(7)3-9/h1-2,11H. The maximum Gasteiger partial charge on any atom is 0.274 e. The van der Waals surface area contributed by atoms with Crippen LogP contribution in [0.15, 0.2) is 17.0 Å². The summed E-state index contributed by atoms with van der Waals surface area (Å²) in [6.07, 6.45) is 0. The number of hydrogen-bond donors (Lipinski definition) is 1. The van der Waals surface area contributed by atoms with Crippen LogP contribution in [0.4, 0.5) is 5.69 Å². The largest absolute Gasteiger partial charge is 0.506 e. The van der Waals surface area contributed by atoms with Crippen LogP contribution in [0, 0.1) is 21.4 Å². The molecule has 84 valence electrons. The molecule has 0 saturated heterocycles. The number of hydrogen-bond acceptors (Lipinski definition) is 6. The second kappa shape index (κ2) is 3.96. The lowest BCUT2D eigenvalue weighted by atomic mass is 10.2. The Balaban J connectivity index is 3.71. The molecule has 0 aliphatic carbocycles. The topological polar surface area (TPSA) is 121 Å². The summed E-state index contributed by atoms with van der Waals surface area (Å²) in [4.78, 5) is 8.71. The van der Waals surface area contributed by atoms with Gasteiger partial charge in [0.1, 0.15) is 22.3 Å². The maximum atomic E-state index is 11.0. The molecule has 0 atom stereocenters. The van der Waals surface area contributed by atoms with E-state index < -0.39 is 35.9 Å². The van der Waals surface area contributed by atoms with E-state index in [0.29, 0.717) is 12.1 Å². The Kier molecular flexibility index (Phi) is 3.02. The van der Waals surface area contributed by atoms with E-state index in [2.05, 4.69) is 0 Å². The van der Waals surface area contributed by atoms with Crippen molar-refractivity contribution in [3.05, 3.63) is 27.8 Å². The van der Waals surface area contributed by atoms with Crippen LogP contribution in [0.25, 0.3) is 0 Å². The van der Waals surface area contributed by atoms with Crippen molar-refractivity contribution in [2.75, 3.05) is 0 Å². The van der Waals surface area contributed by atoms with Crippen molar-refractivity contribution in [1.29, 1.82) is 5.26 Å². The number of halogens is 1. The van der Waals surface area contributed by atoms with Crippen molar-refractivity contribution in [3.8, 4) is 11.8 Å². The second-order valence-electron chi connectivity index (χ2n) is 2.64. The third-order valence-corrected chi connectivity index (χ3v) is 3.00. The summed E-state index contributed by atoms with van der Waals surface area (Å²) in [5, 5.41) is 28.2. The first-order valence-electron chi connectivity index (χ1n) is 3.63. The van der Waals surface area contributed by atoms with Gasteiger partial charge in [-0.3, -0.25) is 10.1 Å². The Morgan fingerprint density at radius 1 is 1.50 bits per heavy atom. The molecule has 0 bridgehead atoms. The molecule has 1 aromatic carbocycles. The van der Waals surface area contributed by atoms with Crippen LogP contribution in [0.1, 0.15) is 5.56 Å². The molecule has 1 aromatic rings. The third kappa shape index (κ3) is 2.21. The van der Waals surface area contributed by atoms with Gasteiger partial charge in [-0.2, -0.15) is 5.26 Å². The molecule has 0 unspecified atom stereocenters. The van der Waals surface area contributed by atoms with Crippen molar-refractivity contribution in [3.63, 3.8) is 0 Å². The van der Waals surface area contributed by atoms with Crippen LogP contribution < -0.4 is 0 Å². The van der Waals surface area contributed by atoms with Crippen molar-refractivity contribution < 1.29 is 18.4 Å². The number of phenols is 1. The van der Waals surface area contributed by atoms with Gasteiger partial charge in [0.05, 0.1) is 11.0 Å². The zero-order valence-electron chi connectivity index (χ0n) is 7.42. The van der Waals surface area contributed by atoms with Crippen LogP contribution in [-0.2, 0) is 9.05 Å². The minimum Gasteiger partial charge on any atom is -0.506 e. The Morgan fingerprint density at radius 3 is 2.44 bits per heavy atom. The van der Waals surface area contributed by atoms with Gasteiger partial charge in [0.15, 0.2) is 0 Å². The third-order valence-electron chi connectivity index (χ3n) is 1.65. The number of non-ortho nitro benzene ring substituents is 1. The Bertz CT molecular complexity index is 604. The van der Waals surface area contributed by atoms with Gasteiger partial charge in [-0.15, -0.1) is 0 Å². The van der Waals surface area contributed by atoms with Crippen molar-refractivity contribution in [2.45, 2.75) is 4.90 Å². The molecule has 0 aliphatic rings. The monoisotopic (exact) mass is 262 g/mol. The van der Waals surface area contributed by atoms with Gasteiger partial charge in [-0.1, -0.05) is 0 Å². The Morgan fingerprint density at radius 2 is 2.06 bits per heavy atom. The molecule has 0 heterocycles. The predicted octanol–water partition coefficient (Wildman–Crippen LogP) is 1.10. The fraction of sp³-hybridized carbons (Fsp3) is 0. The molecule has 7 nitrogen and oxygen atoms in total. The van der Waals surface area contributed by atoms with E-state index in [1.165, 1.54) is 6.07 Å². The molecular weight excluding hydrogens is 260 g/mol. The zero-order valence-corrected chi connectivity index (χ0v) is 8.99. The second-order valence-corrected chi connectivity index (χ2v) is 5.18. The molecule has 0 aliphatic heterocycles. The number of benzene rings is 1. The van der Waals surface area contributed by atoms with Gasteiger partial charge in [-0.05, 0) is 0 Å². The highest BCUT2D eigenvalue weighted by atomic mass is 35.7. The minimum atomic E-state index is -4.34. The van der Waals surface area contributed by atoms with Crippen LogP contribution >= 0.6 is 10.7 Å². The summed E-state index contributed by atoms with van der Waals surface area (Å²) >= 11 is 0. The first-order valence-corrected chi connectivity index (χ1v) is 5.94. The quantitative estimate of drug-likeness (QED) is 0.484. The summed E-state index contributed by atoms with van der Waals surface area (Å²) in [6.45, 7) is 0. The fourth-order valence-corrected chi connectivity index (χ4v) is 2.02. The van der Waals surface area contributed by atoms with Gasteiger partial charge in [0.25, 0.3) is 14.7 Å². The zero-order chi connectivity index (χ0) is 12.5. The van der Waals surface area contributed by atoms with Gasteiger partial charge in [0.2, 0.25) is 0 Å². The summed E-state index contributed by atoms with van der Waals surface area (Å²) in [5.74, 6) is -0.809. The predicted molar refractivity (Wildman–Crippen MR) is 52.5 cm³/mol. The number of nitriles is 1. The molecule has 0 fully saturated rings. The molecule has 0 aromatic heterocycles. The van der Waals surface area contributed by atoms with Gasteiger partial charge in [-0.25, -0.2) is 8.42 Å². The van der Waals surface area contributed by atoms with E-state index in [0.717, 1.165) is 0 Å². The lowest BCUT2D eigenvalue weighted by molar-refractivity contribution is -0.385. The average molecular weight is 263 g/mol. The van der Waals surface area contributed by atoms with E-state index >= 15 is 0 Å². The summed E-state index contributed by atoms with van der Waals surface area (Å²) in [7, 11) is 0.640. The number of aromatic hydroxyl groups is 1. The van der Waals surface area contributed by atoms with Crippen molar-refractivity contribution in [1.82, 2.24) is 0 Å². The number of phenolic OH excluding ortho intramolecular Hbond substituents is 1. The minimum absolute atomic E-state index is 0.612. The molecule has 0 radical (unpaired) electrons. The average Bonchev–Trinajstić information content (AvgIpc) is 2.14. The van der Waals surface area contributed by atoms with Crippen LogP contribution in [0.5, 0.6) is 5.75 Å². The van der Waals surface area contributed by atoms with Crippen molar-refractivity contribution in [2.24, 2.45) is 0 Å². The number of rotatable bonds is 2. The van der Waals surface area contributed by atoms with E-state index in [1.807, 2.05) is 0 Å². The van der Waals surface area contributed by atoms with E-state index in [-0.39, 0.29) is 0 Å². The normalized spacial score (nSPS) is 10.8. The van der Waals surface area contributed by atoms with E-state index in [9.17, 15) is 23.6 Å². The highest BCUT2D eigenvalue weighted by Gasteiger charge is 2.23. The van der Waals surface area contributed by atoms with Crippen LogP contribution in [-0.4, -0.2) is 18.4 Å². The summed E-state index contributed by atoms with van der Waals surface area (Å²) < 4.78 is 22.0. The van der Waals surface area contributed by atoms with Crippen LogP contribution in [0.2, 0.25) is 0 Å². The fourth-order valence-electron chi connectivity index (χ4n) is 0.997. The smallest absolute Gasteiger partial charge is 0.274 e. The first-order chi connectivity index (χ1) is 7.27. The molecular formula is C7H3ClN2O5S. The molecule has 0 amide bonds. The number of nitrogens with zero attached hydrogens (tertiary/aromatic N) is 2. The lowest BCUT2D eigenvalue weighted by Crippen LogP contribution is -1.98. The summed E-state index contributed by atoms with van der Waals surface area (Å²) in [5.41, 5.74) is -1.30. The molecule has 9 heteroatoms. The van der Waals surface area contributed by atoms with Gasteiger partial charge >= 0.3 is 0 Å². The lowest BCUT2D eigenvalue weighted by Gasteiger charge is -2.02. The Labute approximate surface area is 94.1 Å². The van der Waals surface area contributed by atoms with E-state index in [4.69, 9.17) is 15.9 Å². The van der Waals surface area contributed by atoms with E-state index in [1.54, 1.807) is 0 Å². The van der Waals surface area contributed by atoms with Crippen LogP contribution in [0.3, 0.4) is 0 Å². The summed E-state index contributed by atoms with van der Waals surface area (Å²) in [6, 6.07) is 2.68. The number of nitro groups is 1. The molecule has 1 rings (SSSR count). The maximum absolute atomic E-state index is 11.0. The molecule has 1 N–H and O–H groups in total. The highest BCUT2D eigenvalue weighted by molar-refractivity contribution is 8.13.